The summed E-state index contributed by atoms with van der Waals surface area (Å²) in [5.74, 6) is 1.38. The molecule has 1 N–H and O–H groups in total. The summed E-state index contributed by atoms with van der Waals surface area (Å²) in [6.45, 7) is 5.84. The van der Waals surface area contributed by atoms with Gasteiger partial charge in [-0.2, -0.15) is 10.1 Å². The van der Waals surface area contributed by atoms with Gasteiger partial charge in [0, 0.05) is 30.8 Å². The number of nitrogens with zero attached hydrogens (tertiary/aromatic N) is 5. The van der Waals surface area contributed by atoms with Crippen LogP contribution in [0.2, 0.25) is 0 Å². The highest BCUT2D eigenvalue weighted by Gasteiger charge is 2.33. The van der Waals surface area contributed by atoms with Gasteiger partial charge in [-0.3, -0.25) is 4.68 Å². The lowest BCUT2D eigenvalue weighted by atomic mass is 10.2. The minimum Gasteiger partial charge on any atom is -0.339 e. The number of amides is 2. The van der Waals surface area contributed by atoms with Crippen LogP contribution in [-0.2, 0) is 13.1 Å². The lowest BCUT2D eigenvalue weighted by Gasteiger charge is -2.22. The van der Waals surface area contributed by atoms with Crippen LogP contribution >= 0.6 is 0 Å². The largest absolute Gasteiger partial charge is 0.339 e. The summed E-state index contributed by atoms with van der Waals surface area (Å²) < 4.78 is 7.19. The first-order chi connectivity index (χ1) is 14.1. The number of benzene rings is 1. The monoisotopic (exact) mass is 394 g/mol. The number of rotatable bonds is 6. The van der Waals surface area contributed by atoms with Crippen LogP contribution in [0.15, 0.2) is 47.2 Å². The Balaban J connectivity index is 1.34. The zero-order valence-corrected chi connectivity index (χ0v) is 16.8. The number of carbonyl (C=O) groups excluding carboxylic acids is 1. The molecule has 1 aromatic carbocycles. The van der Waals surface area contributed by atoms with E-state index in [9.17, 15) is 4.79 Å². The van der Waals surface area contributed by atoms with Crippen LogP contribution in [0.4, 0.5) is 4.79 Å². The van der Waals surface area contributed by atoms with Gasteiger partial charge >= 0.3 is 6.03 Å². The Bertz CT molecular complexity index is 949. The Kier molecular flexibility index (Phi) is 5.59. The third-order valence-corrected chi connectivity index (χ3v) is 5.08. The van der Waals surface area contributed by atoms with Crippen molar-refractivity contribution in [3.05, 3.63) is 65.6 Å². The molecule has 8 heteroatoms. The summed E-state index contributed by atoms with van der Waals surface area (Å²) in [5.41, 5.74) is 2.15. The first-order valence-corrected chi connectivity index (χ1v) is 10.0. The van der Waals surface area contributed by atoms with Gasteiger partial charge in [0.1, 0.15) is 0 Å². The summed E-state index contributed by atoms with van der Waals surface area (Å²) in [7, 11) is 0. The second kappa shape index (κ2) is 8.46. The van der Waals surface area contributed by atoms with Crippen LogP contribution in [0.5, 0.6) is 0 Å². The lowest BCUT2D eigenvalue weighted by Crippen LogP contribution is -2.39. The summed E-state index contributed by atoms with van der Waals surface area (Å²) in [6.07, 6.45) is 5.53. The Labute approximate surface area is 169 Å². The van der Waals surface area contributed by atoms with Gasteiger partial charge in [-0.05, 0) is 18.4 Å². The van der Waals surface area contributed by atoms with E-state index in [0.717, 1.165) is 18.4 Å². The van der Waals surface area contributed by atoms with Gasteiger partial charge in [0.2, 0.25) is 5.89 Å². The van der Waals surface area contributed by atoms with E-state index in [1.165, 1.54) is 5.56 Å². The van der Waals surface area contributed by atoms with E-state index >= 15 is 0 Å². The van der Waals surface area contributed by atoms with Crippen LogP contribution in [0.3, 0.4) is 0 Å². The second-order valence-electron chi connectivity index (χ2n) is 7.69. The van der Waals surface area contributed by atoms with Crippen molar-refractivity contribution in [2.45, 2.75) is 51.7 Å². The molecule has 0 spiro atoms. The molecule has 0 radical (unpaired) electrons. The fourth-order valence-electron chi connectivity index (χ4n) is 3.53. The van der Waals surface area contributed by atoms with Gasteiger partial charge in [0.25, 0.3) is 0 Å². The van der Waals surface area contributed by atoms with Gasteiger partial charge in [-0.15, -0.1) is 0 Å². The summed E-state index contributed by atoms with van der Waals surface area (Å²) >= 11 is 0. The molecule has 4 rings (SSSR count). The number of hydrogen-bond donors (Lipinski definition) is 1. The Morgan fingerprint density at radius 2 is 2.10 bits per heavy atom. The minimum absolute atomic E-state index is 0.112. The molecule has 1 unspecified atom stereocenters. The highest BCUT2D eigenvalue weighted by Crippen LogP contribution is 2.30. The molecular weight excluding hydrogens is 368 g/mol. The first kappa shape index (κ1) is 19.2. The quantitative estimate of drug-likeness (QED) is 0.691. The fraction of sp³-hybridized carbons (Fsp3) is 0.429. The van der Waals surface area contributed by atoms with E-state index in [1.54, 1.807) is 11.1 Å². The van der Waals surface area contributed by atoms with Crippen molar-refractivity contribution in [2.24, 2.45) is 0 Å². The van der Waals surface area contributed by atoms with Crippen molar-refractivity contribution in [3.8, 4) is 0 Å². The summed E-state index contributed by atoms with van der Waals surface area (Å²) in [6, 6.07) is 9.92. The zero-order chi connectivity index (χ0) is 20.2. The van der Waals surface area contributed by atoms with Gasteiger partial charge in [0.05, 0.1) is 18.8 Å². The molecule has 1 aliphatic rings. The first-order valence-electron chi connectivity index (χ1n) is 10.0. The van der Waals surface area contributed by atoms with E-state index in [-0.39, 0.29) is 18.0 Å². The van der Waals surface area contributed by atoms with E-state index in [4.69, 9.17) is 4.52 Å². The second-order valence-corrected chi connectivity index (χ2v) is 7.69. The van der Waals surface area contributed by atoms with Crippen molar-refractivity contribution in [3.63, 3.8) is 0 Å². The number of urea groups is 1. The Hall–Kier alpha value is -3.16. The average Bonchev–Trinajstić information content (AvgIpc) is 3.46. The number of nitrogens with one attached hydrogen (secondary N) is 1. The molecule has 3 aromatic rings. The van der Waals surface area contributed by atoms with Crippen LogP contribution in [0, 0.1) is 0 Å². The molecule has 0 aliphatic carbocycles. The third kappa shape index (κ3) is 4.47. The third-order valence-electron chi connectivity index (χ3n) is 5.08. The van der Waals surface area contributed by atoms with Crippen LogP contribution in [0.25, 0.3) is 0 Å². The maximum atomic E-state index is 12.7. The molecule has 152 valence electrons. The molecule has 1 fully saturated rings. The van der Waals surface area contributed by atoms with Crippen LogP contribution < -0.4 is 5.32 Å². The van der Waals surface area contributed by atoms with Crippen molar-refractivity contribution in [1.29, 1.82) is 0 Å². The molecule has 3 heterocycles. The molecule has 2 aromatic heterocycles. The number of hydrogen-bond acceptors (Lipinski definition) is 5. The Morgan fingerprint density at radius 1 is 1.28 bits per heavy atom. The lowest BCUT2D eigenvalue weighted by molar-refractivity contribution is 0.189. The maximum Gasteiger partial charge on any atom is 0.318 e. The smallest absolute Gasteiger partial charge is 0.318 e. The minimum atomic E-state index is -0.132. The summed E-state index contributed by atoms with van der Waals surface area (Å²) in [4.78, 5) is 19.0. The molecule has 0 saturated carbocycles. The zero-order valence-electron chi connectivity index (χ0n) is 16.8. The number of carbonyl (C=O) groups is 1. The number of likely N-dealkylation sites (tertiary alicyclic amines) is 1. The molecule has 2 amide bonds. The normalized spacial score (nSPS) is 16.5. The highest BCUT2D eigenvalue weighted by molar-refractivity contribution is 5.74. The molecule has 1 saturated heterocycles. The van der Waals surface area contributed by atoms with E-state index < -0.39 is 0 Å². The van der Waals surface area contributed by atoms with E-state index in [2.05, 4.69) is 32.7 Å². The van der Waals surface area contributed by atoms with Gasteiger partial charge in [-0.1, -0.05) is 49.3 Å². The van der Waals surface area contributed by atoms with E-state index in [0.29, 0.717) is 31.3 Å². The molecule has 0 bridgehead atoms. The molecule has 1 aliphatic heterocycles. The van der Waals surface area contributed by atoms with E-state index in [1.807, 2.05) is 42.9 Å². The standard InChI is InChI=1S/C21H26N6O2/c1-15(2)20-24-19(25-29-20)18-9-6-10-27(18)21(28)22-11-17-12-23-26(14-17)13-16-7-4-3-5-8-16/h3-5,7-8,12,14-15,18H,6,9-11,13H2,1-2H3,(H,22,28). The number of aromatic nitrogens is 4. The van der Waals surface area contributed by atoms with Gasteiger partial charge < -0.3 is 14.7 Å². The van der Waals surface area contributed by atoms with Gasteiger partial charge in [-0.25, -0.2) is 4.79 Å². The predicted octanol–water partition coefficient (Wildman–Crippen LogP) is 3.48. The Morgan fingerprint density at radius 3 is 2.86 bits per heavy atom. The predicted molar refractivity (Wildman–Crippen MR) is 107 cm³/mol. The molecule has 29 heavy (non-hydrogen) atoms. The van der Waals surface area contributed by atoms with Crippen molar-refractivity contribution < 1.29 is 9.32 Å². The molecular formula is C21H26N6O2. The highest BCUT2D eigenvalue weighted by atomic mass is 16.5. The van der Waals surface area contributed by atoms with Crippen molar-refractivity contribution in [1.82, 2.24) is 30.1 Å². The fourth-order valence-corrected chi connectivity index (χ4v) is 3.53. The summed E-state index contributed by atoms with van der Waals surface area (Å²) in [5, 5.41) is 11.5. The molecule has 8 nitrogen and oxygen atoms in total. The van der Waals surface area contributed by atoms with Crippen molar-refractivity contribution in [2.75, 3.05) is 6.54 Å². The average molecular weight is 394 g/mol. The SMILES string of the molecule is CC(C)c1nc(C2CCCN2C(=O)NCc2cnn(Cc3ccccc3)c2)no1. The maximum absolute atomic E-state index is 12.7. The molecule has 1 atom stereocenters. The topological polar surface area (TPSA) is 89.1 Å². The van der Waals surface area contributed by atoms with Crippen LogP contribution in [-0.4, -0.2) is 37.4 Å². The van der Waals surface area contributed by atoms with Gasteiger partial charge in [0.15, 0.2) is 5.82 Å². The van der Waals surface area contributed by atoms with Crippen LogP contribution in [0.1, 0.15) is 61.5 Å². The van der Waals surface area contributed by atoms with Crippen molar-refractivity contribution >= 4 is 6.03 Å².